The van der Waals surface area contributed by atoms with E-state index in [9.17, 15) is 0 Å². The quantitative estimate of drug-likeness (QED) is 0.447. The number of nitrogens with zero attached hydrogens (tertiary/aromatic N) is 1. The molecule has 0 aliphatic heterocycles. The van der Waals surface area contributed by atoms with Gasteiger partial charge in [0.1, 0.15) is 5.40 Å². The molecule has 0 aromatic carbocycles. The van der Waals surface area contributed by atoms with Gasteiger partial charge in [-0.3, -0.25) is 0 Å². The summed E-state index contributed by atoms with van der Waals surface area (Å²) in [4.78, 5) is 0. The van der Waals surface area contributed by atoms with Crippen LogP contribution in [0.15, 0.2) is 0 Å². The van der Waals surface area contributed by atoms with Crippen molar-refractivity contribution in [1.82, 2.24) is 0 Å². The Morgan fingerprint density at radius 1 is 1.38 bits per heavy atom. The molecule has 0 radical (unpaired) electrons. The minimum Gasteiger partial charge on any atom is -0.378 e. The van der Waals surface area contributed by atoms with Gasteiger partial charge in [0, 0.05) is 5.75 Å². The summed E-state index contributed by atoms with van der Waals surface area (Å²) in [5, 5.41) is 10.2. The maximum atomic E-state index is 8.21. The maximum Gasteiger partial charge on any atom is 0.133 e. The summed E-state index contributed by atoms with van der Waals surface area (Å²) in [5.41, 5.74) is 0. The van der Waals surface area contributed by atoms with Crippen molar-refractivity contribution in [2.45, 2.75) is 26.4 Å². The fraction of sp³-hybridized carbons (Fsp3) is 0.889. The third-order valence-corrected chi connectivity index (χ3v) is 2.10. The van der Waals surface area contributed by atoms with Gasteiger partial charge in [-0.25, -0.2) is 0 Å². The molecule has 0 heterocycles. The first-order chi connectivity index (χ1) is 6.31. The van der Waals surface area contributed by atoms with Crippen molar-refractivity contribution in [1.29, 1.82) is 5.26 Å². The van der Waals surface area contributed by atoms with E-state index in [2.05, 4.69) is 6.92 Å². The van der Waals surface area contributed by atoms with Crippen molar-refractivity contribution >= 4 is 11.8 Å². The van der Waals surface area contributed by atoms with E-state index in [1.807, 2.05) is 12.3 Å². The molecule has 0 aliphatic carbocycles. The van der Waals surface area contributed by atoms with Crippen LogP contribution in [0.1, 0.15) is 20.3 Å². The Labute approximate surface area is 84.4 Å². The van der Waals surface area contributed by atoms with Crippen LogP contribution in [0.25, 0.3) is 0 Å². The van der Waals surface area contributed by atoms with E-state index in [1.54, 1.807) is 0 Å². The zero-order valence-electron chi connectivity index (χ0n) is 8.28. The number of hydrogen-bond donors (Lipinski definition) is 0. The molecule has 76 valence electrons. The molecule has 0 saturated heterocycles. The van der Waals surface area contributed by atoms with E-state index in [0.29, 0.717) is 25.9 Å². The van der Waals surface area contributed by atoms with Gasteiger partial charge < -0.3 is 9.47 Å². The monoisotopic (exact) mass is 203 g/mol. The zero-order chi connectivity index (χ0) is 9.94. The molecule has 0 saturated carbocycles. The highest BCUT2D eigenvalue weighted by atomic mass is 32.2. The summed E-state index contributed by atoms with van der Waals surface area (Å²) in [7, 11) is 0. The van der Waals surface area contributed by atoms with Gasteiger partial charge in [0.2, 0.25) is 0 Å². The molecular formula is C9H17NO2S. The molecule has 13 heavy (non-hydrogen) atoms. The molecule has 1 unspecified atom stereocenters. The molecule has 0 N–H and O–H groups in total. The minimum absolute atomic E-state index is 0.317. The van der Waals surface area contributed by atoms with Gasteiger partial charge in [0.05, 0.1) is 25.9 Å². The standard InChI is InChI=1S/C9H17NO2S/c1-3-9(2)12-5-4-11-6-7-13-8-10/h9H,3-7H2,1-2H3. The zero-order valence-corrected chi connectivity index (χ0v) is 9.10. The van der Waals surface area contributed by atoms with Crippen LogP contribution in [-0.4, -0.2) is 31.7 Å². The van der Waals surface area contributed by atoms with E-state index >= 15 is 0 Å². The number of nitriles is 1. The Kier molecular flexibility index (Phi) is 9.66. The molecular weight excluding hydrogens is 186 g/mol. The number of hydrogen-bond acceptors (Lipinski definition) is 4. The lowest BCUT2D eigenvalue weighted by molar-refractivity contribution is 0.0148. The second kappa shape index (κ2) is 9.85. The summed E-state index contributed by atoms with van der Waals surface area (Å²) in [6, 6.07) is 0. The average molecular weight is 203 g/mol. The van der Waals surface area contributed by atoms with Crippen LogP contribution < -0.4 is 0 Å². The summed E-state index contributed by atoms with van der Waals surface area (Å²) >= 11 is 1.22. The van der Waals surface area contributed by atoms with Crippen molar-refractivity contribution < 1.29 is 9.47 Å². The Bertz CT molecular complexity index is 147. The van der Waals surface area contributed by atoms with Crippen LogP contribution in [0.3, 0.4) is 0 Å². The summed E-state index contributed by atoms with van der Waals surface area (Å²) in [6.07, 6.45) is 1.35. The molecule has 1 atom stereocenters. The lowest BCUT2D eigenvalue weighted by atomic mass is 10.3. The first kappa shape index (κ1) is 12.8. The van der Waals surface area contributed by atoms with E-state index in [4.69, 9.17) is 14.7 Å². The van der Waals surface area contributed by atoms with Crippen molar-refractivity contribution in [2.75, 3.05) is 25.6 Å². The molecule has 0 spiro atoms. The molecule has 0 aromatic heterocycles. The molecule has 0 amide bonds. The van der Waals surface area contributed by atoms with Gasteiger partial charge >= 0.3 is 0 Å². The Morgan fingerprint density at radius 2 is 2.15 bits per heavy atom. The fourth-order valence-corrected chi connectivity index (χ4v) is 0.967. The number of thiocyanates is 1. The molecule has 0 bridgehead atoms. The SMILES string of the molecule is CCC(C)OCCOCCSC#N. The van der Waals surface area contributed by atoms with Crippen molar-refractivity contribution in [3.05, 3.63) is 0 Å². The van der Waals surface area contributed by atoms with Crippen molar-refractivity contribution in [3.8, 4) is 5.40 Å². The lowest BCUT2D eigenvalue weighted by Crippen LogP contribution is -2.12. The van der Waals surface area contributed by atoms with Gasteiger partial charge in [-0.2, -0.15) is 5.26 Å². The molecule has 0 aliphatic rings. The van der Waals surface area contributed by atoms with Gasteiger partial charge in [-0.1, -0.05) is 6.92 Å². The normalized spacial score (nSPS) is 12.4. The Balaban J connectivity index is 2.96. The van der Waals surface area contributed by atoms with Crippen LogP contribution in [0, 0.1) is 10.7 Å². The van der Waals surface area contributed by atoms with Crippen LogP contribution in [0.2, 0.25) is 0 Å². The highest BCUT2D eigenvalue weighted by molar-refractivity contribution is 8.03. The number of thioether (sulfide) groups is 1. The van der Waals surface area contributed by atoms with Gasteiger partial charge in [-0.05, 0) is 25.1 Å². The van der Waals surface area contributed by atoms with Gasteiger partial charge in [0.15, 0.2) is 0 Å². The summed E-state index contributed by atoms with van der Waals surface area (Å²) in [5.74, 6) is 0.736. The smallest absolute Gasteiger partial charge is 0.133 e. The Morgan fingerprint density at radius 3 is 2.77 bits per heavy atom. The maximum absolute atomic E-state index is 8.21. The van der Waals surface area contributed by atoms with Crippen LogP contribution in [0.4, 0.5) is 0 Å². The molecule has 0 aromatic rings. The third kappa shape index (κ3) is 9.68. The first-order valence-electron chi connectivity index (χ1n) is 4.51. The van der Waals surface area contributed by atoms with Crippen LogP contribution in [-0.2, 0) is 9.47 Å². The van der Waals surface area contributed by atoms with Crippen LogP contribution in [0.5, 0.6) is 0 Å². The van der Waals surface area contributed by atoms with Crippen LogP contribution >= 0.6 is 11.8 Å². The summed E-state index contributed by atoms with van der Waals surface area (Å²) < 4.78 is 10.6. The second-order valence-electron chi connectivity index (χ2n) is 2.64. The predicted octanol–water partition coefficient (Wildman–Crippen LogP) is 2.03. The fourth-order valence-electron chi connectivity index (χ4n) is 0.674. The van der Waals surface area contributed by atoms with Gasteiger partial charge in [-0.15, -0.1) is 0 Å². The number of ether oxygens (including phenoxy) is 2. The molecule has 0 rings (SSSR count). The van der Waals surface area contributed by atoms with E-state index in [-0.39, 0.29) is 0 Å². The second-order valence-corrected chi connectivity index (χ2v) is 3.52. The van der Waals surface area contributed by atoms with E-state index in [1.165, 1.54) is 11.8 Å². The molecule has 4 heteroatoms. The highest BCUT2D eigenvalue weighted by Gasteiger charge is 1.96. The largest absolute Gasteiger partial charge is 0.378 e. The Hall–Kier alpha value is -0.240. The van der Waals surface area contributed by atoms with E-state index < -0.39 is 0 Å². The topological polar surface area (TPSA) is 42.2 Å². The molecule has 0 fully saturated rings. The average Bonchev–Trinajstić information content (AvgIpc) is 2.16. The van der Waals surface area contributed by atoms with E-state index in [0.717, 1.165) is 12.2 Å². The first-order valence-corrected chi connectivity index (χ1v) is 5.50. The summed E-state index contributed by atoms with van der Waals surface area (Å²) in [6.45, 7) is 6.03. The lowest BCUT2D eigenvalue weighted by Gasteiger charge is -2.09. The predicted molar refractivity (Wildman–Crippen MR) is 54.6 cm³/mol. The minimum atomic E-state index is 0.317. The van der Waals surface area contributed by atoms with Crippen molar-refractivity contribution in [2.24, 2.45) is 0 Å². The highest BCUT2D eigenvalue weighted by Crippen LogP contribution is 1.96. The van der Waals surface area contributed by atoms with Gasteiger partial charge in [0.25, 0.3) is 0 Å². The third-order valence-electron chi connectivity index (χ3n) is 1.60. The van der Waals surface area contributed by atoms with Crippen molar-refractivity contribution in [3.63, 3.8) is 0 Å². The number of rotatable bonds is 8. The molecule has 3 nitrogen and oxygen atoms in total.